The Morgan fingerprint density at radius 2 is 1.52 bits per heavy atom. The van der Waals surface area contributed by atoms with E-state index in [2.05, 4.69) is 6.58 Å². The molecule has 0 N–H and O–H groups in total. The summed E-state index contributed by atoms with van der Waals surface area (Å²) in [5.74, 6) is -1.74. The minimum absolute atomic E-state index is 0.218. The minimum Gasteiger partial charge on any atom is -0.489 e. The predicted octanol–water partition coefficient (Wildman–Crippen LogP) is 8.69. The lowest BCUT2D eigenvalue weighted by Crippen LogP contribution is -2.30. The summed E-state index contributed by atoms with van der Waals surface area (Å²) >= 11 is 0. The maximum absolute atomic E-state index is 14.2. The average Bonchev–Trinajstić information content (AvgIpc) is 3.38. The molecule has 1 unspecified atom stereocenters. The summed E-state index contributed by atoms with van der Waals surface area (Å²) in [6.45, 7) is 6.03. The number of nitrogens with zero attached hydrogens (tertiary/aromatic N) is 1. The van der Waals surface area contributed by atoms with Crippen molar-refractivity contribution in [3.8, 4) is 16.9 Å². The number of benzene rings is 4. The lowest BCUT2D eigenvalue weighted by Gasteiger charge is -2.20. The fraction of sp³-hybridized carbons (Fsp3) is 0.167. The molecule has 5 rings (SSSR count). The van der Waals surface area contributed by atoms with Gasteiger partial charge in [0.2, 0.25) is 5.91 Å². The van der Waals surface area contributed by atoms with Gasteiger partial charge in [0.05, 0.1) is 17.2 Å². The zero-order valence-corrected chi connectivity index (χ0v) is 24.0. The van der Waals surface area contributed by atoms with Gasteiger partial charge in [-0.25, -0.2) is 9.36 Å². The average molecular weight is 598 g/mol. The molecule has 0 saturated carbocycles. The van der Waals surface area contributed by atoms with Gasteiger partial charge in [-0.05, 0) is 65.4 Å². The second kappa shape index (κ2) is 13.0. The summed E-state index contributed by atoms with van der Waals surface area (Å²) in [7, 11) is 0. The highest BCUT2D eigenvalue weighted by Crippen LogP contribution is 2.35. The highest BCUT2D eigenvalue weighted by atomic mass is 19.4. The van der Waals surface area contributed by atoms with Crippen molar-refractivity contribution in [2.24, 2.45) is 0 Å². The van der Waals surface area contributed by atoms with Gasteiger partial charge in [-0.1, -0.05) is 84.4 Å². The van der Waals surface area contributed by atoms with Crippen molar-refractivity contribution >= 4 is 5.91 Å². The van der Waals surface area contributed by atoms with Crippen LogP contribution in [0.1, 0.15) is 52.0 Å². The Kier molecular flexibility index (Phi) is 8.99. The molecule has 0 spiro atoms. The van der Waals surface area contributed by atoms with Gasteiger partial charge in [0.1, 0.15) is 18.6 Å². The van der Waals surface area contributed by atoms with Crippen LogP contribution in [-0.2, 0) is 19.2 Å². The molecule has 1 atom stereocenters. The Hall–Kier alpha value is -5.11. The molecule has 5 aromatic rings. The van der Waals surface area contributed by atoms with Crippen LogP contribution in [0, 0.1) is 0 Å². The summed E-state index contributed by atoms with van der Waals surface area (Å²) in [4.78, 5) is 27.0. The molecule has 0 fully saturated rings. The van der Waals surface area contributed by atoms with E-state index in [9.17, 15) is 22.8 Å². The van der Waals surface area contributed by atoms with Crippen molar-refractivity contribution in [2.75, 3.05) is 0 Å². The first-order chi connectivity index (χ1) is 21.1. The summed E-state index contributed by atoms with van der Waals surface area (Å²) in [6, 6.07) is 28.9. The zero-order chi connectivity index (χ0) is 31.3. The normalized spacial score (nSPS) is 12.1. The van der Waals surface area contributed by atoms with Crippen LogP contribution in [0.3, 0.4) is 0 Å². The van der Waals surface area contributed by atoms with E-state index in [0.717, 1.165) is 27.8 Å². The third-order valence-electron chi connectivity index (χ3n) is 7.19. The van der Waals surface area contributed by atoms with Crippen molar-refractivity contribution < 1.29 is 27.1 Å². The van der Waals surface area contributed by atoms with E-state index >= 15 is 0 Å². The van der Waals surface area contributed by atoms with Gasteiger partial charge in [0.25, 0.3) is 0 Å². The van der Waals surface area contributed by atoms with Gasteiger partial charge < -0.3 is 9.15 Å². The monoisotopic (exact) mass is 597 g/mol. The minimum atomic E-state index is -4.47. The Bertz CT molecular complexity index is 1800. The summed E-state index contributed by atoms with van der Waals surface area (Å²) in [5.41, 5.74) is 3.75. The fourth-order valence-electron chi connectivity index (χ4n) is 5.02. The Morgan fingerprint density at radius 1 is 0.886 bits per heavy atom. The molecule has 0 aliphatic carbocycles. The molecule has 1 heterocycles. The second-order valence-electron chi connectivity index (χ2n) is 10.7. The lowest BCUT2D eigenvalue weighted by atomic mass is 9.89. The van der Waals surface area contributed by atoms with Gasteiger partial charge in [-0.3, -0.25) is 4.79 Å². The van der Waals surface area contributed by atoms with Crippen molar-refractivity contribution in [2.45, 2.75) is 38.5 Å². The van der Waals surface area contributed by atoms with E-state index < -0.39 is 29.3 Å². The standard InChI is InChI=1S/C36H30F3NO4/c1-24(2)17-33(34(41)40-31(23-44-35(40)42)18-25-9-5-3-6-10-25)29-19-28(27-13-15-30(16-14-27)36(37,38)39)20-32(21-29)43-22-26-11-7-4-8-12-26/h3-16,19-21,23,33H,1,17-18,22H2,2H3. The van der Waals surface area contributed by atoms with E-state index in [-0.39, 0.29) is 13.0 Å². The largest absolute Gasteiger partial charge is 0.489 e. The Balaban J connectivity index is 1.57. The van der Waals surface area contributed by atoms with E-state index in [0.29, 0.717) is 40.1 Å². The molecule has 0 aliphatic heterocycles. The van der Waals surface area contributed by atoms with Gasteiger partial charge >= 0.3 is 11.9 Å². The maximum Gasteiger partial charge on any atom is 0.426 e. The number of halogens is 3. The number of carbonyl (C=O) groups excluding carboxylic acids is 1. The van der Waals surface area contributed by atoms with Crippen LogP contribution in [0.15, 0.2) is 131 Å². The van der Waals surface area contributed by atoms with Crippen molar-refractivity contribution in [3.63, 3.8) is 0 Å². The fourth-order valence-corrected chi connectivity index (χ4v) is 5.02. The number of hydrogen-bond donors (Lipinski definition) is 0. The molecule has 0 bridgehead atoms. The molecule has 0 aliphatic rings. The molecule has 0 radical (unpaired) electrons. The predicted molar refractivity (Wildman–Crippen MR) is 163 cm³/mol. The van der Waals surface area contributed by atoms with Crippen molar-refractivity contribution in [3.05, 3.63) is 160 Å². The number of hydrogen-bond acceptors (Lipinski definition) is 4. The highest BCUT2D eigenvalue weighted by molar-refractivity contribution is 5.87. The summed E-state index contributed by atoms with van der Waals surface area (Å²) in [5, 5.41) is 0. The maximum atomic E-state index is 14.2. The van der Waals surface area contributed by atoms with Crippen LogP contribution in [0.25, 0.3) is 11.1 Å². The van der Waals surface area contributed by atoms with Gasteiger partial charge in [-0.2, -0.15) is 13.2 Å². The number of ether oxygens (including phenoxy) is 1. The molecule has 4 aromatic carbocycles. The molecule has 1 aromatic heterocycles. The number of allylic oxidation sites excluding steroid dienone is 1. The van der Waals surface area contributed by atoms with E-state index in [1.807, 2.05) is 60.7 Å². The zero-order valence-electron chi connectivity index (χ0n) is 24.0. The molecule has 224 valence electrons. The summed E-state index contributed by atoms with van der Waals surface area (Å²) < 4.78 is 52.1. The molecule has 0 amide bonds. The van der Waals surface area contributed by atoms with E-state index in [1.165, 1.54) is 18.4 Å². The van der Waals surface area contributed by atoms with Crippen LogP contribution in [0.4, 0.5) is 13.2 Å². The first-order valence-electron chi connectivity index (χ1n) is 14.0. The second-order valence-corrected chi connectivity index (χ2v) is 10.7. The molecule has 0 saturated heterocycles. The molecule has 44 heavy (non-hydrogen) atoms. The van der Waals surface area contributed by atoms with E-state index in [1.54, 1.807) is 25.1 Å². The van der Waals surface area contributed by atoms with Crippen LogP contribution < -0.4 is 10.5 Å². The van der Waals surface area contributed by atoms with Crippen molar-refractivity contribution in [1.82, 2.24) is 4.57 Å². The van der Waals surface area contributed by atoms with Crippen molar-refractivity contribution in [1.29, 1.82) is 0 Å². The van der Waals surface area contributed by atoms with Crippen LogP contribution in [0.5, 0.6) is 5.75 Å². The number of alkyl halides is 3. The third kappa shape index (κ3) is 7.26. The van der Waals surface area contributed by atoms with Crippen LogP contribution in [-0.4, -0.2) is 10.5 Å². The Labute approximate surface area is 252 Å². The molecule has 8 heteroatoms. The molecular formula is C36H30F3NO4. The quantitative estimate of drug-likeness (QED) is 0.151. The van der Waals surface area contributed by atoms with Gasteiger partial charge in [0, 0.05) is 6.42 Å². The van der Waals surface area contributed by atoms with Gasteiger partial charge in [0.15, 0.2) is 0 Å². The third-order valence-corrected chi connectivity index (χ3v) is 7.19. The smallest absolute Gasteiger partial charge is 0.426 e. The Morgan fingerprint density at radius 3 is 2.14 bits per heavy atom. The first-order valence-corrected chi connectivity index (χ1v) is 14.0. The first kappa shape index (κ1) is 30.4. The number of aromatic nitrogens is 1. The van der Waals surface area contributed by atoms with Crippen LogP contribution >= 0.6 is 0 Å². The topological polar surface area (TPSA) is 61.4 Å². The van der Waals surface area contributed by atoms with E-state index in [4.69, 9.17) is 9.15 Å². The number of carbonyl (C=O) groups is 1. The lowest BCUT2D eigenvalue weighted by molar-refractivity contribution is -0.137. The van der Waals surface area contributed by atoms with Gasteiger partial charge in [-0.15, -0.1) is 6.58 Å². The number of rotatable bonds is 10. The van der Waals surface area contributed by atoms with Crippen LogP contribution in [0.2, 0.25) is 0 Å². The SMILES string of the molecule is C=C(C)CC(C(=O)n1c(Cc2ccccc2)coc1=O)c1cc(OCc2ccccc2)cc(-c2ccc(C(F)(F)F)cc2)c1. The molecule has 5 nitrogen and oxygen atoms in total. The number of oxazole rings is 1. The highest BCUT2D eigenvalue weighted by Gasteiger charge is 2.31. The summed E-state index contributed by atoms with van der Waals surface area (Å²) in [6.07, 6.45) is -2.66. The molecular weight excluding hydrogens is 567 g/mol.